The van der Waals surface area contributed by atoms with Crippen LogP contribution in [0.1, 0.15) is 49.3 Å². The van der Waals surface area contributed by atoms with Crippen LogP contribution >= 0.6 is 15.9 Å². The average Bonchev–Trinajstić information content (AvgIpc) is 2.78. The molecule has 0 bridgehead atoms. The lowest BCUT2D eigenvalue weighted by molar-refractivity contribution is -0.126. The van der Waals surface area contributed by atoms with Crippen LogP contribution in [0, 0.1) is 5.92 Å². The summed E-state index contributed by atoms with van der Waals surface area (Å²) in [4.78, 5) is 13.0. The molecule has 0 aromatic heterocycles. The van der Waals surface area contributed by atoms with Gasteiger partial charge in [-0.3, -0.25) is 4.79 Å². The molecule has 160 valence electrons. The van der Waals surface area contributed by atoms with Crippen LogP contribution in [0.5, 0.6) is 0 Å². The van der Waals surface area contributed by atoms with Gasteiger partial charge in [0.15, 0.2) is 0 Å². The van der Waals surface area contributed by atoms with E-state index in [0.717, 1.165) is 41.3 Å². The third-order valence-electron chi connectivity index (χ3n) is 6.23. The van der Waals surface area contributed by atoms with Gasteiger partial charge in [-0.15, -0.1) is 0 Å². The van der Waals surface area contributed by atoms with Crippen LogP contribution in [0.3, 0.4) is 0 Å². The molecule has 1 atom stereocenters. The van der Waals surface area contributed by atoms with Crippen LogP contribution in [0.4, 0.5) is 0 Å². The van der Waals surface area contributed by atoms with Crippen molar-refractivity contribution in [1.29, 1.82) is 0 Å². The number of carbonyl (C=O) groups is 1. The molecule has 1 aliphatic carbocycles. The highest BCUT2D eigenvalue weighted by Crippen LogP contribution is 2.34. The largest absolute Gasteiger partial charge is 0.354 e. The number of halogens is 1. The molecule has 2 aromatic rings. The fourth-order valence-electron chi connectivity index (χ4n) is 4.58. The van der Waals surface area contributed by atoms with Gasteiger partial charge in [0.2, 0.25) is 15.9 Å². The molecule has 5 nitrogen and oxygen atoms in total. The third kappa shape index (κ3) is 4.48. The number of rotatable bonds is 5. The van der Waals surface area contributed by atoms with Crippen LogP contribution in [-0.4, -0.2) is 31.7 Å². The molecule has 1 heterocycles. The number of fused-ring (bicyclic) bond motifs is 1. The monoisotopic (exact) mass is 490 g/mol. The molecule has 1 saturated carbocycles. The van der Waals surface area contributed by atoms with Gasteiger partial charge in [0.25, 0.3) is 0 Å². The van der Waals surface area contributed by atoms with Gasteiger partial charge in [-0.1, -0.05) is 59.5 Å². The van der Waals surface area contributed by atoms with Crippen molar-refractivity contribution in [3.63, 3.8) is 0 Å². The number of hydrogen-bond acceptors (Lipinski definition) is 3. The van der Waals surface area contributed by atoms with E-state index in [2.05, 4.69) is 27.3 Å². The normalized spacial score (nSPS) is 20.5. The van der Waals surface area contributed by atoms with Crippen molar-refractivity contribution in [3.8, 4) is 0 Å². The van der Waals surface area contributed by atoms with Crippen molar-refractivity contribution in [2.24, 2.45) is 5.92 Å². The van der Waals surface area contributed by atoms with Crippen molar-refractivity contribution in [3.05, 3.63) is 64.1 Å². The maximum Gasteiger partial charge on any atom is 0.243 e. The Morgan fingerprint density at radius 3 is 2.47 bits per heavy atom. The van der Waals surface area contributed by atoms with Gasteiger partial charge in [0.05, 0.1) is 10.9 Å². The van der Waals surface area contributed by atoms with E-state index in [1.54, 1.807) is 28.6 Å². The quantitative estimate of drug-likeness (QED) is 0.673. The lowest BCUT2D eigenvalue weighted by Crippen LogP contribution is -2.46. The Kier molecular flexibility index (Phi) is 6.60. The van der Waals surface area contributed by atoms with Crippen molar-refractivity contribution in [2.45, 2.75) is 49.5 Å². The van der Waals surface area contributed by atoms with E-state index < -0.39 is 16.1 Å². The number of carbonyl (C=O) groups excluding carboxylic acids is 1. The zero-order chi connectivity index (χ0) is 21.1. The topological polar surface area (TPSA) is 66.5 Å². The molecule has 30 heavy (non-hydrogen) atoms. The Labute approximate surface area is 187 Å². The van der Waals surface area contributed by atoms with E-state index >= 15 is 0 Å². The predicted octanol–water partition coefficient (Wildman–Crippen LogP) is 4.43. The summed E-state index contributed by atoms with van der Waals surface area (Å²) in [5.74, 6) is 0.104. The van der Waals surface area contributed by atoms with Crippen molar-refractivity contribution < 1.29 is 13.2 Å². The zero-order valence-electron chi connectivity index (χ0n) is 16.9. The summed E-state index contributed by atoms with van der Waals surface area (Å²) in [5.41, 5.74) is 2.13. The minimum atomic E-state index is -3.68. The van der Waals surface area contributed by atoms with E-state index in [0.29, 0.717) is 19.5 Å². The van der Waals surface area contributed by atoms with E-state index in [4.69, 9.17) is 0 Å². The first-order chi connectivity index (χ1) is 14.5. The summed E-state index contributed by atoms with van der Waals surface area (Å²) in [6.45, 7) is 0.696. The van der Waals surface area contributed by atoms with Crippen molar-refractivity contribution >= 4 is 31.9 Å². The van der Waals surface area contributed by atoms with E-state index in [1.807, 2.05) is 18.2 Å². The molecule has 0 saturated heterocycles. The van der Waals surface area contributed by atoms with Gasteiger partial charge in [-0.05, 0) is 54.7 Å². The summed E-state index contributed by atoms with van der Waals surface area (Å²) in [6.07, 6.45) is 5.89. The van der Waals surface area contributed by atoms with Crippen LogP contribution < -0.4 is 5.32 Å². The van der Waals surface area contributed by atoms with Crippen LogP contribution in [0.2, 0.25) is 0 Å². The van der Waals surface area contributed by atoms with Crippen LogP contribution in [0.15, 0.2) is 57.9 Å². The van der Waals surface area contributed by atoms with Crippen molar-refractivity contribution in [1.82, 2.24) is 9.62 Å². The van der Waals surface area contributed by atoms with E-state index in [9.17, 15) is 13.2 Å². The number of sulfonamides is 1. The molecule has 7 heteroatoms. The number of nitrogens with one attached hydrogen (secondary N) is 1. The second kappa shape index (κ2) is 9.20. The van der Waals surface area contributed by atoms with Gasteiger partial charge in [0.1, 0.15) is 0 Å². The number of nitrogens with zero attached hydrogens (tertiary/aromatic N) is 1. The second-order valence-electron chi connectivity index (χ2n) is 8.11. The maximum absolute atomic E-state index is 13.5. The second-order valence-corrected chi connectivity index (χ2v) is 10.9. The highest BCUT2D eigenvalue weighted by molar-refractivity contribution is 9.10. The van der Waals surface area contributed by atoms with Crippen LogP contribution in [-0.2, 0) is 21.2 Å². The molecule has 2 aliphatic rings. The minimum Gasteiger partial charge on any atom is -0.354 e. The Morgan fingerprint density at radius 2 is 1.73 bits per heavy atom. The summed E-state index contributed by atoms with van der Waals surface area (Å²) in [7, 11) is -3.68. The fourth-order valence-corrected chi connectivity index (χ4v) is 6.45. The molecule has 2 aromatic carbocycles. The highest BCUT2D eigenvalue weighted by atomic mass is 79.9. The predicted molar refractivity (Wildman–Crippen MR) is 121 cm³/mol. The Bertz CT molecular complexity index is 1000. The van der Waals surface area contributed by atoms with Crippen molar-refractivity contribution in [2.75, 3.05) is 13.1 Å². The lowest BCUT2D eigenvalue weighted by Gasteiger charge is -2.37. The highest BCUT2D eigenvalue weighted by Gasteiger charge is 2.36. The number of hydrogen-bond donors (Lipinski definition) is 1. The number of amides is 1. The maximum atomic E-state index is 13.5. The lowest BCUT2D eigenvalue weighted by atomic mass is 9.88. The van der Waals surface area contributed by atoms with Gasteiger partial charge in [-0.25, -0.2) is 8.42 Å². The van der Waals surface area contributed by atoms with Gasteiger partial charge >= 0.3 is 0 Å². The molecule has 4 rings (SSSR count). The summed E-state index contributed by atoms with van der Waals surface area (Å²) < 4.78 is 29.3. The average molecular weight is 491 g/mol. The molecule has 1 N–H and O–H groups in total. The first kappa shape index (κ1) is 21.5. The third-order valence-corrected chi connectivity index (χ3v) is 8.68. The Morgan fingerprint density at radius 1 is 1.03 bits per heavy atom. The number of benzene rings is 2. The minimum absolute atomic E-state index is 0.0501. The van der Waals surface area contributed by atoms with E-state index in [1.165, 1.54) is 6.42 Å². The molecular weight excluding hydrogens is 464 g/mol. The smallest absolute Gasteiger partial charge is 0.243 e. The first-order valence-corrected chi connectivity index (χ1v) is 12.8. The van der Waals surface area contributed by atoms with Gasteiger partial charge < -0.3 is 5.32 Å². The summed E-state index contributed by atoms with van der Waals surface area (Å²) >= 11 is 3.36. The molecule has 0 radical (unpaired) electrons. The first-order valence-electron chi connectivity index (χ1n) is 10.6. The molecule has 1 unspecified atom stereocenters. The SMILES string of the molecule is O=C(NCC1c2ccccc2CCN1S(=O)(=O)c1ccc(Br)cc1)C1CCCCC1. The molecule has 1 amide bonds. The summed E-state index contributed by atoms with van der Waals surface area (Å²) in [6, 6.07) is 14.3. The molecule has 1 fully saturated rings. The Balaban J connectivity index is 1.60. The van der Waals surface area contributed by atoms with Crippen LogP contribution in [0.25, 0.3) is 0 Å². The molecule has 1 aliphatic heterocycles. The standard InChI is InChI=1S/C23H27BrN2O3S/c24-19-10-12-20(13-11-19)30(28,29)26-15-14-17-6-4-5-9-21(17)22(26)16-25-23(27)18-7-2-1-3-8-18/h4-6,9-13,18,22H,1-3,7-8,14-16H2,(H,25,27). The fraction of sp³-hybridized carbons (Fsp3) is 0.435. The van der Waals surface area contributed by atoms with E-state index in [-0.39, 0.29) is 16.7 Å². The summed E-state index contributed by atoms with van der Waals surface area (Å²) in [5, 5.41) is 3.07. The zero-order valence-corrected chi connectivity index (χ0v) is 19.3. The molecular formula is C23H27BrN2O3S. The van der Waals surface area contributed by atoms with Gasteiger partial charge in [0, 0.05) is 23.5 Å². The molecule has 0 spiro atoms. The van der Waals surface area contributed by atoms with Gasteiger partial charge in [-0.2, -0.15) is 4.31 Å². The Hall–Kier alpha value is -1.70.